The van der Waals surface area contributed by atoms with E-state index in [1.807, 2.05) is 6.92 Å². The van der Waals surface area contributed by atoms with Gasteiger partial charge in [-0.1, -0.05) is 52.9 Å². The van der Waals surface area contributed by atoms with Gasteiger partial charge >= 0.3 is 0 Å². The lowest BCUT2D eigenvalue weighted by Gasteiger charge is -2.47. The highest BCUT2D eigenvalue weighted by molar-refractivity contribution is 5.85. The molecule has 1 atom stereocenters. The van der Waals surface area contributed by atoms with Crippen LogP contribution in [0.2, 0.25) is 0 Å². The van der Waals surface area contributed by atoms with Crippen LogP contribution < -0.4 is 10.6 Å². The highest BCUT2D eigenvalue weighted by Crippen LogP contribution is 2.43. The van der Waals surface area contributed by atoms with Crippen molar-refractivity contribution in [2.24, 2.45) is 5.41 Å². The molecule has 0 aromatic carbocycles. The van der Waals surface area contributed by atoms with Crippen LogP contribution >= 0.6 is 0 Å². The number of hydrogen-bond acceptors (Lipinski definition) is 4. The van der Waals surface area contributed by atoms with Crippen molar-refractivity contribution >= 4 is 11.8 Å². The van der Waals surface area contributed by atoms with E-state index in [0.717, 1.165) is 25.7 Å². The summed E-state index contributed by atoms with van der Waals surface area (Å²) in [5.74, 6) is -0.520. The molecule has 0 aromatic heterocycles. The number of aliphatic hydroxyl groups is 2. The van der Waals surface area contributed by atoms with E-state index in [4.69, 9.17) is 5.11 Å². The predicted octanol–water partition coefficient (Wildman–Crippen LogP) is 2.87. The van der Waals surface area contributed by atoms with Gasteiger partial charge in [-0.05, 0) is 32.1 Å². The number of aliphatic hydroxyl groups excluding tert-OH is 1. The van der Waals surface area contributed by atoms with Crippen LogP contribution in [0, 0.1) is 5.41 Å². The normalized spacial score (nSPS) is 13.9. The van der Waals surface area contributed by atoms with Crippen molar-refractivity contribution in [3.05, 3.63) is 0 Å². The third-order valence-corrected chi connectivity index (χ3v) is 5.01. The lowest BCUT2D eigenvalue weighted by Crippen LogP contribution is -2.65. The molecule has 0 saturated carbocycles. The van der Waals surface area contributed by atoms with E-state index in [2.05, 4.69) is 24.5 Å². The van der Waals surface area contributed by atoms with Gasteiger partial charge in [-0.3, -0.25) is 9.59 Å². The summed E-state index contributed by atoms with van der Waals surface area (Å²) >= 11 is 0. The fraction of sp³-hybridized carbons (Fsp3) is 0.900. The minimum Gasteiger partial charge on any atom is -0.396 e. The lowest BCUT2D eigenvalue weighted by atomic mass is 9.67. The van der Waals surface area contributed by atoms with Crippen LogP contribution in [0.5, 0.6) is 0 Å². The summed E-state index contributed by atoms with van der Waals surface area (Å²) in [5, 5.41) is 26.1. The minimum absolute atomic E-state index is 0.0956. The highest BCUT2D eigenvalue weighted by Gasteiger charge is 2.54. The Morgan fingerprint density at radius 3 is 1.88 bits per heavy atom. The molecule has 0 heterocycles. The molecule has 4 N–H and O–H groups in total. The molecule has 0 aromatic rings. The Bertz CT molecular complexity index is 407. The van der Waals surface area contributed by atoms with E-state index in [9.17, 15) is 14.7 Å². The van der Waals surface area contributed by atoms with Crippen molar-refractivity contribution in [2.75, 3.05) is 13.2 Å². The summed E-state index contributed by atoms with van der Waals surface area (Å²) in [7, 11) is 0. The van der Waals surface area contributed by atoms with E-state index in [1.165, 1.54) is 6.92 Å². The lowest BCUT2D eigenvalue weighted by molar-refractivity contribution is -0.168. The molecule has 26 heavy (non-hydrogen) atoms. The average Bonchev–Trinajstić information content (AvgIpc) is 2.58. The first-order valence-corrected chi connectivity index (χ1v) is 10.2. The zero-order chi connectivity index (χ0) is 20.1. The molecule has 1 unspecified atom stereocenters. The number of amides is 2. The van der Waals surface area contributed by atoms with Crippen molar-refractivity contribution in [2.45, 2.75) is 97.6 Å². The molecule has 0 saturated heterocycles. The van der Waals surface area contributed by atoms with Gasteiger partial charge in [-0.15, -0.1) is 0 Å². The zero-order valence-corrected chi connectivity index (χ0v) is 17.2. The maximum atomic E-state index is 13.3. The van der Waals surface area contributed by atoms with Gasteiger partial charge in [-0.25, -0.2) is 0 Å². The largest absolute Gasteiger partial charge is 0.396 e. The molecular formula is C20H40N2O4. The van der Waals surface area contributed by atoms with Gasteiger partial charge in [0.2, 0.25) is 11.8 Å². The quantitative estimate of drug-likeness (QED) is 0.262. The first-order valence-electron chi connectivity index (χ1n) is 10.2. The van der Waals surface area contributed by atoms with E-state index >= 15 is 0 Å². The van der Waals surface area contributed by atoms with Crippen LogP contribution in [0.1, 0.15) is 91.9 Å². The second kappa shape index (κ2) is 13.1. The highest BCUT2D eigenvalue weighted by atomic mass is 16.3. The van der Waals surface area contributed by atoms with Crippen molar-refractivity contribution in [3.8, 4) is 0 Å². The minimum atomic E-state index is -1.56. The van der Waals surface area contributed by atoms with Crippen LogP contribution in [0.3, 0.4) is 0 Å². The molecule has 0 radical (unpaired) electrons. The maximum absolute atomic E-state index is 13.3. The van der Waals surface area contributed by atoms with Crippen LogP contribution in [0.4, 0.5) is 0 Å². The zero-order valence-electron chi connectivity index (χ0n) is 17.2. The summed E-state index contributed by atoms with van der Waals surface area (Å²) in [6, 6.07) is 0. The van der Waals surface area contributed by atoms with E-state index in [1.54, 1.807) is 0 Å². The van der Waals surface area contributed by atoms with Crippen LogP contribution in [0.15, 0.2) is 0 Å². The number of hydrogen-bond donors (Lipinski definition) is 4. The first kappa shape index (κ1) is 24.9. The second-order valence-electron chi connectivity index (χ2n) is 7.27. The molecule has 0 bridgehead atoms. The number of carbonyl (C=O) groups excluding carboxylic acids is 2. The van der Waals surface area contributed by atoms with Crippen molar-refractivity contribution in [3.63, 3.8) is 0 Å². The maximum Gasteiger partial charge on any atom is 0.231 e. The molecule has 154 valence electrons. The predicted molar refractivity (Wildman–Crippen MR) is 104 cm³/mol. The molecule has 0 aliphatic carbocycles. The summed E-state index contributed by atoms with van der Waals surface area (Å²) in [6.07, 6.45) is 6.81. The molecule has 0 aliphatic heterocycles. The Balaban J connectivity index is 5.79. The number of nitrogens with one attached hydrogen (secondary N) is 2. The SMILES string of the molecule is CCCCC(CCCC)(C(=O)NCCCCO)C(O)(CCC)NC(C)=O. The molecule has 0 rings (SSSR count). The topological polar surface area (TPSA) is 98.7 Å². The molecule has 6 heteroatoms. The number of rotatable bonds is 15. The van der Waals surface area contributed by atoms with E-state index < -0.39 is 11.1 Å². The van der Waals surface area contributed by atoms with Gasteiger partial charge in [0, 0.05) is 20.1 Å². The van der Waals surface area contributed by atoms with Crippen LogP contribution in [-0.2, 0) is 9.59 Å². The Labute approximate surface area is 159 Å². The molecule has 0 fully saturated rings. The molecule has 0 spiro atoms. The monoisotopic (exact) mass is 372 g/mol. The van der Waals surface area contributed by atoms with Gasteiger partial charge < -0.3 is 20.8 Å². The van der Waals surface area contributed by atoms with E-state index in [0.29, 0.717) is 45.1 Å². The molecule has 2 amide bonds. The van der Waals surface area contributed by atoms with Gasteiger partial charge in [-0.2, -0.15) is 0 Å². The Morgan fingerprint density at radius 2 is 1.46 bits per heavy atom. The summed E-state index contributed by atoms with van der Waals surface area (Å²) in [4.78, 5) is 25.1. The average molecular weight is 373 g/mol. The molecule has 0 aliphatic rings. The van der Waals surface area contributed by atoms with Crippen molar-refractivity contribution in [1.82, 2.24) is 10.6 Å². The first-order chi connectivity index (χ1) is 12.3. The smallest absolute Gasteiger partial charge is 0.231 e. The van der Waals surface area contributed by atoms with Gasteiger partial charge in [0.15, 0.2) is 5.72 Å². The third kappa shape index (κ3) is 7.23. The van der Waals surface area contributed by atoms with Crippen molar-refractivity contribution in [1.29, 1.82) is 0 Å². The molecular weight excluding hydrogens is 332 g/mol. The standard InChI is InChI=1S/C20H40N2O4/c1-5-8-13-19(14-9-6-2,18(25)21-15-10-11-16-23)20(26,12-7-3)22-17(4)24/h23,26H,5-16H2,1-4H3,(H,21,25)(H,22,24). The summed E-state index contributed by atoms with van der Waals surface area (Å²) < 4.78 is 0. The Kier molecular flexibility index (Phi) is 12.5. The van der Waals surface area contributed by atoms with Gasteiger partial charge in [0.05, 0.1) is 5.41 Å². The molecule has 6 nitrogen and oxygen atoms in total. The van der Waals surface area contributed by atoms with E-state index in [-0.39, 0.29) is 18.4 Å². The van der Waals surface area contributed by atoms with Crippen LogP contribution in [-0.4, -0.2) is 40.9 Å². The summed E-state index contributed by atoms with van der Waals surface area (Å²) in [5.41, 5.74) is -2.60. The Hall–Kier alpha value is -1.14. The number of unbranched alkanes of at least 4 members (excludes halogenated alkanes) is 3. The fourth-order valence-corrected chi connectivity index (χ4v) is 3.59. The van der Waals surface area contributed by atoms with Gasteiger partial charge in [0.1, 0.15) is 0 Å². The van der Waals surface area contributed by atoms with Crippen LogP contribution in [0.25, 0.3) is 0 Å². The summed E-state index contributed by atoms with van der Waals surface area (Å²) in [6.45, 7) is 7.99. The second-order valence-corrected chi connectivity index (χ2v) is 7.27. The van der Waals surface area contributed by atoms with Gasteiger partial charge in [0.25, 0.3) is 0 Å². The fourth-order valence-electron chi connectivity index (χ4n) is 3.59. The number of carbonyl (C=O) groups is 2. The Morgan fingerprint density at radius 1 is 0.885 bits per heavy atom. The third-order valence-electron chi connectivity index (χ3n) is 5.01. The van der Waals surface area contributed by atoms with Crippen molar-refractivity contribution < 1.29 is 19.8 Å².